The van der Waals surface area contributed by atoms with Gasteiger partial charge in [0.2, 0.25) is 0 Å². The first-order valence-electron chi connectivity index (χ1n) is 8.37. The smallest absolute Gasteiger partial charge is 0.257 e. The highest BCUT2D eigenvalue weighted by Gasteiger charge is 2.26. The molecule has 2 heterocycles. The number of methoxy groups -OCH3 is 1. The fourth-order valence-corrected chi connectivity index (χ4v) is 3.70. The van der Waals surface area contributed by atoms with Crippen molar-refractivity contribution in [3.63, 3.8) is 0 Å². The standard InChI is InChI=1S/C18H21ClIN3O3/c1-11-14(12(2)26-21-11)10-22-4-6-23(7-5-22)18(24)13-8-15(19)16(20)9-17(13)25-3/h8-9H,4-7,10H2,1-3H3. The first-order valence-corrected chi connectivity index (χ1v) is 9.82. The lowest BCUT2D eigenvalue weighted by Crippen LogP contribution is -2.48. The van der Waals surface area contributed by atoms with Gasteiger partial charge >= 0.3 is 0 Å². The van der Waals surface area contributed by atoms with Crippen LogP contribution >= 0.6 is 34.2 Å². The zero-order valence-electron chi connectivity index (χ0n) is 15.0. The Kier molecular flexibility index (Phi) is 6.09. The van der Waals surface area contributed by atoms with Crippen LogP contribution in [0.15, 0.2) is 16.7 Å². The summed E-state index contributed by atoms with van der Waals surface area (Å²) in [7, 11) is 1.57. The second-order valence-corrected chi connectivity index (χ2v) is 7.91. The number of rotatable bonds is 4. The molecule has 1 aliphatic heterocycles. The van der Waals surface area contributed by atoms with E-state index < -0.39 is 0 Å². The highest BCUT2D eigenvalue weighted by atomic mass is 127. The van der Waals surface area contributed by atoms with Crippen LogP contribution in [0.5, 0.6) is 5.75 Å². The molecule has 140 valence electrons. The zero-order chi connectivity index (χ0) is 18.8. The first kappa shape index (κ1) is 19.4. The van der Waals surface area contributed by atoms with E-state index in [4.69, 9.17) is 20.9 Å². The molecule has 0 aliphatic carbocycles. The van der Waals surface area contributed by atoms with Crippen LogP contribution in [0.3, 0.4) is 0 Å². The molecule has 2 aromatic rings. The molecule has 1 fully saturated rings. The monoisotopic (exact) mass is 489 g/mol. The molecular weight excluding hydrogens is 469 g/mol. The van der Waals surface area contributed by atoms with Crippen molar-refractivity contribution in [3.05, 3.63) is 43.3 Å². The van der Waals surface area contributed by atoms with E-state index >= 15 is 0 Å². The third-order valence-electron chi connectivity index (χ3n) is 4.70. The molecule has 26 heavy (non-hydrogen) atoms. The second kappa shape index (κ2) is 8.14. The Morgan fingerprint density at radius 3 is 2.58 bits per heavy atom. The maximum absolute atomic E-state index is 12.9. The highest BCUT2D eigenvalue weighted by Crippen LogP contribution is 2.29. The minimum atomic E-state index is -0.0443. The van der Waals surface area contributed by atoms with Crippen LogP contribution in [0.2, 0.25) is 5.02 Å². The van der Waals surface area contributed by atoms with Gasteiger partial charge < -0.3 is 14.2 Å². The second-order valence-electron chi connectivity index (χ2n) is 6.34. The van der Waals surface area contributed by atoms with Gasteiger partial charge in [0.15, 0.2) is 0 Å². The Morgan fingerprint density at radius 2 is 2.00 bits per heavy atom. The lowest BCUT2D eigenvalue weighted by molar-refractivity contribution is 0.0624. The zero-order valence-corrected chi connectivity index (χ0v) is 17.9. The number of carbonyl (C=O) groups excluding carboxylic acids is 1. The molecule has 0 bridgehead atoms. The number of piperazine rings is 1. The number of nitrogens with zero attached hydrogens (tertiary/aromatic N) is 3. The fourth-order valence-electron chi connectivity index (χ4n) is 3.10. The summed E-state index contributed by atoms with van der Waals surface area (Å²) in [4.78, 5) is 17.1. The number of hydrogen-bond acceptors (Lipinski definition) is 5. The number of amides is 1. The summed E-state index contributed by atoms with van der Waals surface area (Å²) in [5.74, 6) is 1.37. The summed E-state index contributed by atoms with van der Waals surface area (Å²) in [6.45, 7) is 7.61. The van der Waals surface area contributed by atoms with Crippen LogP contribution in [0.25, 0.3) is 0 Å². The van der Waals surface area contributed by atoms with Gasteiger partial charge in [-0.2, -0.15) is 0 Å². The molecule has 0 saturated carbocycles. The van der Waals surface area contributed by atoms with Gasteiger partial charge in [0, 0.05) is 41.9 Å². The fraction of sp³-hybridized carbons (Fsp3) is 0.444. The van der Waals surface area contributed by atoms with Crippen molar-refractivity contribution in [1.82, 2.24) is 15.0 Å². The van der Waals surface area contributed by atoms with Gasteiger partial charge in [0.1, 0.15) is 11.5 Å². The quantitative estimate of drug-likeness (QED) is 0.615. The Morgan fingerprint density at radius 1 is 1.31 bits per heavy atom. The number of carbonyl (C=O) groups is 1. The van der Waals surface area contributed by atoms with Crippen LogP contribution in [0.4, 0.5) is 0 Å². The van der Waals surface area contributed by atoms with Crippen LogP contribution in [-0.2, 0) is 6.54 Å². The van der Waals surface area contributed by atoms with Crippen LogP contribution in [0, 0.1) is 17.4 Å². The van der Waals surface area contributed by atoms with Gasteiger partial charge in [0.25, 0.3) is 5.91 Å². The van der Waals surface area contributed by atoms with E-state index in [1.165, 1.54) is 0 Å². The van der Waals surface area contributed by atoms with E-state index in [0.29, 0.717) is 29.4 Å². The molecule has 8 heteroatoms. The maximum Gasteiger partial charge on any atom is 0.257 e. The number of hydrogen-bond donors (Lipinski definition) is 0. The Bertz CT molecular complexity index is 797. The van der Waals surface area contributed by atoms with Crippen molar-refractivity contribution in [2.45, 2.75) is 20.4 Å². The van der Waals surface area contributed by atoms with Crippen molar-refractivity contribution in [3.8, 4) is 5.75 Å². The molecule has 1 saturated heterocycles. The third kappa shape index (κ3) is 3.99. The number of halogens is 2. The molecule has 0 spiro atoms. The summed E-state index contributed by atoms with van der Waals surface area (Å²) < 4.78 is 11.5. The van der Waals surface area contributed by atoms with E-state index in [1.54, 1.807) is 19.2 Å². The van der Waals surface area contributed by atoms with E-state index in [0.717, 1.165) is 40.2 Å². The molecule has 1 aliphatic rings. The summed E-state index contributed by atoms with van der Waals surface area (Å²) in [6.07, 6.45) is 0. The van der Waals surface area contributed by atoms with Gasteiger partial charge in [0.05, 0.1) is 23.4 Å². The maximum atomic E-state index is 12.9. The highest BCUT2D eigenvalue weighted by molar-refractivity contribution is 14.1. The average molecular weight is 490 g/mol. The molecule has 1 aromatic carbocycles. The van der Waals surface area contributed by atoms with E-state index in [-0.39, 0.29) is 5.91 Å². The number of aromatic nitrogens is 1. The van der Waals surface area contributed by atoms with Crippen LogP contribution in [0.1, 0.15) is 27.4 Å². The normalized spacial score (nSPS) is 15.3. The molecule has 0 unspecified atom stereocenters. The van der Waals surface area contributed by atoms with Gasteiger partial charge in [-0.15, -0.1) is 0 Å². The van der Waals surface area contributed by atoms with E-state index in [9.17, 15) is 4.79 Å². The molecule has 0 atom stereocenters. The van der Waals surface area contributed by atoms with Gasteiger partial charge in [-0.25, -0.2) is 0 Å². The Hall–Kier alpha value is -1.32. The van der Waals surface area contributed by atoms with Crippen LogP contribution in [-0.4, -0.2) is 54.2 Å². The SMILES string of the molecule is COc1cc(I)c(Cl)cc1C(=O)N1CCN(Cc2c(C)noc2C)CC1. The van der Waals surface area contributed by atoms with Crippen molar-refractivity contribution >= 4 is 40.1 Å². The Labute approximate surface area is 171 Å². The first-order chi connectivity index (χ1) is 12.4. The van der Waals surface area contributed by atoms with E-state index in [2.05, 4.69) is 32.6 Å². The lowest BCUT2D eigenvalue weighted by atomic mass is 10.1. The largest absolute Gasteiger partial charge is 0.496 e. The summed E-state index contributed by atoms with van der Waals surface area (Å²) in [6, 6.07) is 3.49. The van der Waals surface area contributed by atoms with Crippen molar-refractivity contribution in [2.24, 2.45) is 0 Å². The topological polar surface area (TPSA) is 58.8 Å². The number of aryl methyl sites for hydroxylation is 2. The predicted octanol–water partition coefficient (Wildman–Crippen LogP) is 3.52. The van der Waals surface area contributed by atoms with Crippen LogP contribution < -0.4 is 4.74 Å². The van der Waals surface area contributed by atoms with Crippen molar-refractivity contribution in [2.75, 3.05) is 33.3 Å². The minimum absolute atomic E-state index is 0.0443. The molecule has 1 amide bonds. The summed E-state index contributed by atoms with van der Waals surface area (Å²) >= 11 is 8.33. The molecule has 3 rings (SSSR count). The van der Waals surface area contributed by atoms with Gasteiger partial charge in [-0.1, -0.05) is 16.8 Å². The van der Waals surface area contributed by atoms with Crippen molar-refractivity contribution < 1.29 is 14.1 Å². The number of benzene rings is 1. The predicted molar refractivity (Wildman–Crippen MR) is 108 cm³/mol. The molecule has 1 aromatic heterocycles. The van der Waals surface area contributed by atoms with E-state index in [1.807, 2.05) is 18.7 Å². The molecule has 0 radical (unpaired) electrons. The Balaban J connectivity index is 1.66. The van der Waals surface area contributed by atoms with Gasteiger partial charge in [-0.05, 0) is 48.6 Å². The number of ether oxygens (including phenoxy) is 1. The van der Waals surface area contributed by atoms with Crippen molar-refractivity contribution in [1.29, 1.82) is 0 Å². The summed E-state index contributed by atoms with van der Waals surface area (Å²) in [5.41, 5.74) is 2.58. The molecular formula is C18H21ClIN3O3. The molecule has 0 N–H and O–H groups in total. The average Bonchev–Trinajstić information content (AvgIpc) is 2.95. The third-order valence-corrected chi connectivity index (χ3v) is 6.22. The minimum Gasteiger partial charge on any atom is -0.496 e. The lowest BCUT2D eigenvalue weighted by Gasteiger charge is -2.35. The molecule has 6 nitrogen and oxygen atoms in total. The van der Waals surface area contributed by atoms with Gasteiger partial charge in [-0.3, -0.25) is 9.69 Å². The summed E-state index contributed by atoms with van der Waals surface area (Å²) in [5, 5.41) is 4.57.